The standard InChI is InChI=1S/C22H40N2O9/c1-3-5-22(27)24(20-25)19-21(26)23-6-8-29-10-12-31-14-16-33-18-17-32-15-13-30-11-9-28-7-4-2/h3,5,20H,4,6-19H2,1-2H3,(H,23,26)/b5-3-. The number of carbonyl (C=O) groups excluding carboxylic acids is 3. The lowest BCUT2D eigenvalue weighted by Gasteiger charge is -2.13. The van der Waals surface area contributed by atoms with Crippen molar-refractivity contribution in [2.24, 2.45) is 0 Å². The van der Waals surface area contributed by atoms with Gasteiger partial charge in [-0.15, -0.1) is 0 Å². The lowest BCUT2D eigenvalue weighted by molar-refractivity contribution is -0.139. The first-order chi connectivity index (χ1) is 16.2. The second-order valence-corrected chi connectivity index (χ2v) is 6.60. The zero-order chi connectivity index (χ0) is 24.4. The van der Waals surface area contributed by atoms with E-state index < -0.39 is 11.8 Å². The zero-order valence-corrected chi connectivity index (χ0v) is 20.0. The summed E-state index contributed by atoms with van der Waals surface area (Å²) in [5.41, 5.74) is 0. The van der Waals surface area contributed by atoms with Gasteiger partial charge in [-0.2, -0.15) is 0 Å². The number of imide groups is 1. The largest absolute Gasteiger partial charge is 0.379 e. The summed E-state index contributed by atoms with van der Waals surface area (Å²) in [5, 5.41) is 2.57. The average Bonchev–Trinajstić information content (AvgIpc) is 2.81. The molecule has 0 aliphatic carbocycles. The van der Waals surface area contributed by atoms with Crippen LogP contribution in [0, 0.1) is 0 Å². The molecule has 0 aromatic heterocycles. The summed E-state index contributed by atoms with van der Waals surface area (Å²) in [6, 6.07) is 0. The van der Waals surface area contributed by atoms with Gasteiger partial charge in [-0.05, 0) is 19.4 Å². The normalized spacial score (nSPS) is 11.1. The molecule has 0 aliphatic rings. The molecule has 0 unspecified atom stereocenters. The summed E-state index contributed by atoms with van der Waals surface area (Å²) in [4.78, 5) is 34.9. The summed E-state index contributed by atoms with van der Waals surface area (Å²) in [5.74, 6) is -0.980. The van der Waals surface area contributed by atoms with E-state index in [0.29, 0.717) is 79.1 Å². The molecule has 3 amide bonds. The van der Waals surface area contributed by atoms with E-state index in [2.05, 4.69) is 12.2 Å². The van der Waals surface area contributed by atoms with Crippen molar-refractivity contribution in [3.63, 3.8) is 0 Å². The van der Waals surface area contributed by atoms with E-state index in [9.17, 15) is 14.4 Å². The maximum absolute atomic E-state index is 11.7. The molecule has 0 aliphatic heterocycles. The topological polar surface area (TPSA) is 122 Å². The zero-order valence-electron chi connectivity index (χ0n) is 20.0. The predicted octanol–water partition coefficient (Wildman–Crippen LogP) is 0.173. The predicted molar refractivity (Wildman–Crippen MR) is 121 cm³/mol. The molecule has 0 spiro atoms. The van der Waals surface area contributed by atoms with Crippen molar-refractivity contribution in [2.45, 2.75) is 20.3 Å². The molecular formula is C22H40N2O9. The summed E-state index contributed by atoms with van der Waals surface area (Å²) >= 11 is 0. The van der Waals surface area contributed by atoms with Gasteiger partial charge < -0.3 is 33.7 Å². The molecule has 0 aromatic carbocycles. The Bertz CT molecular complexity index is 518. The van der Waals surface area contributed by atoms with Crippen LogP contribution in [0.25, 0.3) is 0 Å². The number of nitrogens with one attached hydrogen (secondary N) is 1. The summed E-state index contributed by atoms with van der Waals surface area (Å²) in [6.45, 7) is 9.64. The molecule has 11 heteroatoms. The maximum atomic E-state index is 11.7. The highest BCUT2D eigenvalue weighted by Crippen LogP contribution is 1.88. The molecule has 0 fully saturated rings. The number of hydrogen-bond donors (Lipinski definition) is 1. The first-order valence-electron chi connectivity index (χ1n) is 11.3. The molecule has 0 bridgehead atoms. The lowest BCUT2D eigenvalue weighted by atomic mass is 10.4. The van der Waals surface area contributed by atoms with E-state index in [4.69, 9.17) is 28.4 Å². The number of nitrogens with zero attached hydrogens (tertiary/aromatic N) is 1. The van der Waals surface area contributed by atoms with Crippen molar-refractivity contribution in [1.29, 1.82) is 0 Å². The monoisotopic (exact) mass is 476 g/mol. The fraction of sp³-hybridized carbons (Fsp3) is 0.773. The molecule has 0 rings (SSSR count). The number of allylic oxidation sites excluding steroid dienone is 1. The van der Waals surface area contributed by atoms with Gasteiger partial charge in [0.05, 0.1) is 72.7 Å². The molecule has 1 N–H and O–H groups in total. The fourth-order valence-corrected chi connectivity index (χ4v) is 2.22. The van der Waals surface area contributed by atoms with Crippen molar-refractivity contribution < 1.29 is 42.8 Å². The highest BCUT2D eigenvalue weighted by Gasteiger charge is 2.13. The van der Waals surface area contributed by atoms with Crippen molar-refractivity contribution in [3.05, 3.63) is 12.2 Å². The lowest BCUT2D eigenvalue weighted by Crippen LogP contribution is -2.40. The Kier molecular flexibility index (Phi) is 23.3. The Morgan fingerprint density at radius 2 is 1.15 bits per heavy atom. The summed E-state index contributed by atoms with van der Waals surface area (Å²) < 4.78 is 32.2. The van der Waals surface area contributed by atoms with E-state index in [-0.39, 0.29) is 13.1 Å². The summed E-state index contributed by atoms with van der Waals surface area (Å²) in [6.07, 6.45) is 4.05. The van der Waals surface area contributed by atoms with Crippen LogP contribution < -0.4 is 5.32 Å². The van der Waals surface area contributed by atoms with Crippen molar-refractivity contribution in [3.8, 4) is 0 Å². The molecule has 33 heavy (non-hydrogen) atoms. The van der Waals surface area contributed by atoms with Crippen LogP contribution in [0.2, 0.25) is 0 Å². The van der Waals surface area contributed by atoms with Gasteiger partial charge in [-0.1, -0.05) is 13.0 Å². The highest BCUT2D eigenvalue weighted by atomic mass is 16.6. The maximum Gasteiger partial charge on any atom is 0.253 e. The van der Waals surface area contributed by atoms with E-state index in [0.717, 1.165) is 17.9 Å². The van der Waals surface area contributed by atoms with Gasteiger partial charge in [0, 0.05) is 13.2 Å². The Hall–Kier alpha value is -1.89. The number of ether oxygens (including phenoxy) is 6. The van der Waals surface area contributed by atoms with Crippen LogP contribution in [0.15, 0.2) is 12.2 Å². The second-order valence-electron chi connectivity index (χ2n) is 6.60. The number of carbonyl (C=O) groups is 3. The van der Waals surface area contributed by atoms with E-state index in [1.54, 1.807) is 6.92 Å². The Labute approximate surface area is 196 Å². The molecule has 0 heterocycles. The van der Waals surface area contributed by atoms with Gasteiger partial charge in [-0.3, -0.25) is 19.3 Å². The van der Waals surface area contributed by atoms with E-state index >= 15 is 0 Å². The van der Waals surface area contributed by atoms with Crippen molar-refractivity contribution >= 4 is 18.2 Å². The molecule has 0 radical (unpaired) electrons. The SMILES string of the molecule is C/C=C\C(=O)N(C=O)CC(=O)NCCOCCOCCOCCOCCOCCOCCC. The minimum absolute atomic E-state index is 0.268. The van der Waals surface area contributed by atoms with Crippen molar-refractivity contribution in [2.75, 3.05) is 92.4 Å². The fourth-order valence-electron chi connectivity index (χ4n) is 2.22. The molecule has 0 saturated carbocycles. The number of rotatable bonds is 24. The van der Waals surface area contributed by atoms with Crippen LogP contribution in [-0.4, -0.2) is 115 Å². The van der Waals surface area contributed by atoms with Gasteiger partial charge in [0.2, 0.25) is 12.3 Å². The molecule has 11 nitrogen and oxygen atoms in total. The molecule has 0 atom stereocenters. The Morgan fingerprint density at radius 1 is 0.727 bits per heavy atom. The van der Waals surface area contributed by atoms with Gasteiger partial charge in [0.1, 0.15) is 6.54 Å². The molecular weight excluding hydrogens is 436 g/mol. The van der Waals surface area contributed by atoms with Crippen LogP contribution in [0.4, 0.5) is 0 Å². The third-order valence-electron chi connectivity index (χ3n) is 3.81. The minimum atomic E-state index is -0.540. The van der Waals surface area contributed by atoms with Gasteiger partial charge in [-0.25, -0.2) is 0 Å². The van der Waals surface area contributed by atoms with E-state index in [1.165, 1.54) is 12.2 Å². The molecule has 0 aromatic rings. The van der Waals surface area contributed by atoms with Crippen molar-refractivity contribution in [1.82, 2.24) is 10.2 Å². The quantitative estimate of drug-likeness (QED) is 0.118. The van der Waals surface area contributed by atoms with Crippen LogP contribution in [-0.2, 0) is 42.8 Å². The van der Waals surface area contributed by atoms with Crippen LogP contribution in [0.5, 0.6) is 0 Å². The third kappa shape index (κ3) is 21.7. The highest BCUT2D eigenvalue weighted by molar-refractivity contribution is 5.97. The Balaban J connectivity index is 3.31. The third-order valence-corrected chi connectivity index (χ3v) is 3.81. The van der Waals surface area contributed by atoms with Gasteiger partial charge in [0.15, 0.2) is 0 Å². The minimum Gasteiger partial charge on any atom is -0.379 e. The number of hydrogen-bond acceptors (Lipinski definition) is 9. The van der Waals surface area contributed by atoms with Gasteiger partial charge >= 0.3 is 0 Å². The first-order valence-corrected chi connectivity index (χ1v) is 11.3. The second kappa shape index (κ2) is 24.7. The first kappa shape index (κ1) is 31.1. The summed E-state index contributed by atoms with van der Waals surface area (Å²) in [7, 11) is 0. The van der Waals surface area contributed by atoms with Crippen LogP contribution in [0.1, 0.15) is 20.3 Å². The van der Waals surface area contributed by atoms with Gasteiger partial charge in [0.25, 0.3) is 5.91 Å². The van der Waals surface area contributed by atoms with Crippen LogP contribution in [0.3, 0.4) is 0 Å². The average molecular weight is 477 g/mol. The number of amides is 3. The Morgan fingerprint density at radius 3 is 1.55 bits per heavy atom. The molecule has 192 valence electrons. The van der Waals surface area contributed by atoms with Crippen LogP contribution >= 0.6 is 0 Å². The van der Waals surface area contributed by atoms with E-state index in [1.807, 2.05) is 0 Å². The molecule has 0 saturated heterocycles. The smallest absolute Gasteiger partial charge is 0.253 e.